The maximum Gasteiger partial charge on any atom is 0.322 e. The number of para-hydroxylation sites is 1. The van der Waals surface area contributed by atoms with E-state index in [-0.39, 0.29) is 31.0 Å². The third kappa shape index (κ3) is 3.68. The molecule has 0 aliphatic carbocycles. The lowest BCUT2D eigenvalue weighted by Gasteiger charge is -2.26. The predicted molar refractivity (Wildman–Crippen MR) is 86.2 cm³/mol. The fourth-order valence-electron chi connectivity index (χ4n) is 2.29. The van der Waals surface area contributed by atoms with Gasteiger partial charge >= 0.3 is 6.03 Å². The van der Waals surface area contributed by atoms with Crippen LogP contribution in [0, 0.1) is 12.7 Å². The van der Waals surface area contributed by atoms with Gasteiger partial charge in [-0.05, 0) is 32.9 Å². The lowest BCUT2D eigenvalue weighted by atomic mass is 10.3. The minimum absolute atomic E-state index is 0.0518. The molecule has 2 N–H and O–H groups in total. The second kappa shape index (κ2) is 7.23. The summed E-state index contributed by atoms with van der Waals surface area (Å²) in [5.41, 5.74) is 1.44. The summed E-state index contributed by atoms with van der Waals surface area (Å²) in [4.78, 5) is 13.8. The number of hydrogen-bond donors (Lipinski definition) is 2. The van der Waals surface area contributed by atoms with Gasteiger partial charge in [0.05, 0.1) is 24.2 Å². The number of nitrogens with zero attached hydrogens (tertiary/aromatic N) is 3. The SMILES string of the molecule is Cc1c(NC(=O)N(CCO)C(C)C)cnn1-c1ccccc1F. The third-order valence-electron chi connectivity index (χ3n) is 3.56. The lowest BCUT2D eigenvalue weighted by molar-refractivity contribution is 0.172. The van der Waals surface area contributed by atoms with Crippen LogP contribution in [0.1, 0.15) is 19.5 Å². The molecule has 2 amide bonds. The Morgan fingerprint density at radius 2 is 2.13 bits per heavy atom. The van der Waals surface area contributed by atoms with Crippen molar-refractivity contribution in [1.29, 1.82) is 0 Å². The van der Waals surface area contributed by atoms with Crippen LogP contribution in [0.5, 0.6) is 0 Å². The Morgan fingerprint density at radius 3 is 2.74 bits per heavy atom. The van der Waals surface area contributed by atoms with Crippen molar-refractivity contribution in [2.45, 2.75) is 26.8 Å². The average Bonchev–Trinajstić information content (AvgIpc) is 2.86. The second-order valence-electron chi connectivity index (χ2n) is 5.45. The summed E-state index contributed by atoms with van der Waals surface area (Å²) >= 11 is 0. The van der Waals surface area contributed by atoms with Crippen molar-refractivity contribution in [3.8, 4) is 5.69 Å². The maximum absolute atomic E-state index is 13.9. The van der Waals surface area contributed by atoms with E-state index < -0.39 is 0 Å². The van der Waals surface area contributed by atoms with E-state index in [0.717, 1.165) is 0 Å². The molecule has 2 rings (SSSR count). The quantitative estimate of drug-likeness (QED) is 0.889. The molecule has 124 valence electrons. The molecule has 0 bridgehead atoms. The monoisotopic (exact) mass is 320 g/mol. The van der Waals surface area contributed by atoms with Crippen molar-refractivity contribution in [2.24, 2.45) is 0 Å². The van der Waals surface area contributed by atoms with Crippen LogP contribution in [0.25, 0.3) is 5.69 Å². The van der Waals surface area contributed by atoms with Gasteiger partial charge in [-0.1, -0.05) is 12.1 Å². The van der Waals surface area contributed by atoms with E-state index in [1.165, 1.54) is 21.8 Å². The van der Waals surface area contributed by atoms with E-state index in [9.17, 15) is 9.18 Å². The first-order chi connectivity index (χ1) is 11.0. The predicted octanol–water partition coefficient (Wildman–Crippen LogP) is 2.55. The van der Waals surface area contributed by atoms with Crippen LogP contribution in [-0.4, -0.2) is 45.0 Å². The number of halogens is 1. The molecule has 0 aliphatic rings. The normalized spacial score (nSPS) is 10.9. The number of aliphatic hydroxyl groups is 1. The zero-order chi connectivity index (χ0) is 17.0. The first-order valence-corrected chi connectivity index (χ1v) is 7.43. The fourth-order valence-corrected chi connectivity index (χ4v) is 2.29. The second-order valence-corrected chi connectivity index (χ2v) is 5.45. The number of benzene rings is 1. The third-order valence-corrected chi connectivity index (χ3v) is 3.56. The van der Waals surface area contributed by atoms with Crippen molar-refractivity contribution in [3.63, 3.8) is 0 Å². The molecule has 2 aromatic rings. The molecule has 0 unspecified atom stereocenters. The molecule has 7 heteroatoms. The lowest BCUT2D eigenvalue weighted by Crippen LogP contribution is -2.41. The number of aliphatic hydroxyl groups excluding tert-OH is 1. The molecule has 1 aromatic carbocycles. The molecular weight excluding hydrogens is 299 g/mol. The molecule has 0 fully saturated rings. The highest BCUT2D eigenvalue weighted by atomic mass is 19.1. The molecule has 23 heavy (non-hydrogen) atoms. The van der Waals surface area contributed by atoms with Gasteiger partial charge in [0.1, 0.15) is 11.5 Å². The van der Waals surface area contributed by atoms with Gasteiger partial charge < -0.3 is 15.3 Å². The van der Waals surface area contributed by atoms with Crippen molar-refractivity contribution >= 4 is 11.7 Å². The Balaban J connectivity index is 2.23. The molecule has 0 radical (unpaired) electrons. The molecule has 6 nitrogen and oxygen atoms in total. The van der Waals surface area contributed by atoms with E-state index in [0.29, 0.717) is 17.1 Å². The number of hydrogen-bond acceptors (Lipinski definition) is 3. The van der Waals surface area contributed by atoms with Crippen molar-refractivity contribution in [1.82, 2.24) is 14.7 Å². The van der Waals surface area contributed by atoms with Crippen molar-refractivity contribution < 1.29 is 14.3 Å². The Kier molecular flexibility index (Phi) is 5.33. The van der Waals surface area contributed by atoms with Crippen molar-refractivity contribution in [3.05, 3.63) is 42.0 Å². The van der Waals surface area contributed by atoms with E-state index in [1.54, 1.807) is 25.1 Å². The van der Waals surface area contributed by atoms with Crippen LogP contribution in [0.15, 0.2) is 30.5 Å². The minimum Gasteiger partial charge on any atom is -0.395 e. The summed E-state index contributed by atoms with van der Waals surface area (Å²) in [7, 11) is 0. The van der Waals surface area contributed by atoms with Gasteiger partial charge in [0.15, 0.2) is 0 Å². The van der Waals surface area contributed by atoms with Gasteiger partial charge in [0.2, 0.25) is 0 Å². The van der Waals surface area contributed by atoms with E-state index in [1.807, 2.05) is 13.8 Å². The minimum atomic E-state index is -0.388. The maximum atomic E-state index is 13.9. The van der Waals surface area contributed by atoms with E-state index in [2.05, 4.69) is 10.4 Å². The van der Waals surface area contributed by atoms with Gasteiger partial charge in [-0.15, -0.1) is 0 Å². The number of anilines is 1. The molecule has 0 saturated heterocycles. The largest absolute Gasteiger partial charge is 0.395 e. The van der Waals surface area contributed by atoms with Crippen LogP contribution in [0.2, 0.25) is 0 Å². The Morgan fingerprint density at radius 1 is 1.43 bits per heavy atom. The summed E-state index contributed by atoms with van der Waals surface area (Å²) in [6.07, 6.45) is 1.48. The summed E-state index contributed by atoms with van der Waals surface area (Å²) in [5, 5.41) is 16.0. The Bertz CT molecular complexity index is 684. The van der Waals surface area contributed by atoms with Crippen LogP contribution < -0.4 is 5.32 Å². The van der Waals surface area contributed by atoms with E-state index in [4.69, 9.17) is 5.11 Å². The number of amides is 2. The summed E-state index contributed by atoms with van der Waals surface area (Å²) in [6, 6.07) is 5.92. The first kappa shape index (κ1) is 17.0. The number of aromatic nitrogens is 2. The van der Waals surface area contributed by atoms with Crippen LogP contribution in [0.4, 0.5) is 14.9 Å². The molecule has 1 heterocycles. The summed E-state index contributed by atoms with van der Waals surface area (Å²) in [6.45, 7) is 5.61. The Hall–Kier alpha value is -2.41. The number of nitrogens with one attached hydrogen (secondary N) is 1. The Labute approximate surface area is 134 Å². The van der Waals surface area contributed by atoms with Gasteiger partial charge in [0.25, 0.3) is 0 Å². The van der Waals surface area contributed by atoms with Crippen LogP contribution >= 0.6 is 0 Å². The molecule has 0 spiro atoms. The van der Waals surface area contributed by atoms with Crippen LogP contribution in [-0.2, 0) is 0 Å². The van der Waals surface area contributed by atoms with Gasteiger partial charge in [-0.3, -0.25) is 0 Å². The number of urea groups is 1. The zero-order valence-electron chi connectivity index (χ0n) is 13.5. The summed E-state index contributed by atoms with van der Waals surface area (Å²) < 4.78 is 15.3. The van der Waals surface area contributed by atoms with E-state index >= 15 is 0 Å². The fraction of sp³-hybridized carbons (Fsp3) is 0.375. The molecule has 0 aliphatic heterocycles. The number of carbonyl (C=O) groups excluding carboxylic acids is 1. The molecule has 0 atom stereocenters. The zero-order valence-corrected chi connectivity index (χ0v) is 13.5. The van der Waals surface area contributed by atoms with Gasteiger partial charge in [-0.2, -0.15) is 5.10 Å². The highest BCUT2D eigenvalue weighted by Crippen LogP contribution is 2.20. The number of carbonyl (C=O) groups is 1. The van der Waals surface area contributed by atoms with Gasteiger partial charge in [-0.25, -0.2) is 13.9 Å². The highest BCUT2D eigenvalue weighted by molar-refractivity contribution is 5.90. The standard InChI is InChI=1S/C16H21FN4O2/c1-11(2)20(8-9-22)16(23)19-14-10-18-21(12(14)3)15-7-5-4-6-13(15)17/h4-7,10-11,22H,8-9H2,1-3H3,(H,19,23). The average molecular weight is 320 g/mol. The topological polar surface area (TPSA) is 70.4 Å². The first-order valence-electron chi connectivity index (χ1n) is 7.43. The number of rotatable bonds is 5. The molecule has 1 aromatic heterocycles. The van der Waals surface area contributed by atoms with Crippen LogP contribution in [0.3, 0.4) is 0 Å². The summed E-state index contributed by atoms with van der Waals surface area (Å²) in [5.74, 6) is -0.388. The molecule has 0 saturated carbocycles. The van der Waals surface area contributed by atoms with Gasteiger partial charge in [0, 0.05) is 12.6 Å². The highest BCUT2D eigenvalue weighted by Gasteiger charge is 2.19. The molecular formula is C16H21FN4O2. The smallest absolute Gasteiger partial charge is 0.322 e. The van der Waals surface area contributed by atoms with Crippen molar-refractivity contribution in [2.75, 3.05) is 18.5 Å².